The predicted octanol–water partition coefficient (Wildman–Crippen LogP) is 2.94. The number of carbonyl (C=O) groups excluding carboxylic acids is 1. The van der Waals surface area contributed by atoms with Crippen molar-refractivity contribution in [2.24, 2.45) is 0 Å². The second-order valence-corrected chi connectivity index (χ2v) is 3.67. The van der Waals surface area contributed by atoms with Crippen molar-refractivity contribution >= 4 is 33.3 Å². The fraction of sp³-hybridized carbons (Fsp3) is 0.222. The van der Waals surface area contributed by atoms with E-state index >= 15 is 0 Å². The van der Waals surface area contributed by atoms with Gasteiger partial charge in [-0.15, -0.1) is 11.6 Å². The normalized spacial score (nSPS) is 10.1. The average molecular weight is 266 g/mol. The van der Waals surface area contributed by atoms with Crippen LogP contribution >= 0.6 is 27.5 Å². The van der Waals surface area contributed by atoms with E-state index in [-0.39, 0.29) is 23.9 Å². The van der Waals surface area contributed by atoms with Crippen LogP contribution in [-0.4, -0.2) is 11.7 Å². The van der Waals surface area contributed by atoms with Crippen molar-refractivity contribution in [1.29, 1.82) is 0 Å². The van der Waals surface area contributed by atoms with Crippen molar-refractivity contribution in [3.63, 3.8) is 0 Å². The van der Waals surface area contributed by atoms with E-state index in [2.05, 4.69) is 15.9 Å². The molecule has 0 spiro atoms. The molecule has 1 nitrogen and oxygen atoms in total. The molecule has 0 bridgehead atoms. The number of benzene rings is 1. The molecule has 4 heteroatoms. The third kappa shape index (κ3) is 2.78. The molecule has 0 fully saturated rings. The summed E-state index contributed by atoms with van der Waals surface area (Å²) < 4.78 is 13.7. The average Bonchev–Trinajstić information content (AvgIpc) is 2.11. The van der Waals surface area contributed by atoms with Crippen LogP contribution in [0.5, 0.6) is 0 Å². The fourth-order valence-corrected chi connectivity index (χ4v) is 1.52. The SMILES string of the molecule is O=C(CCl)Cc1c(F)cccc1Br. The van der Waals surface area contributed by atoms with Gasteiger partial charge in [0.1, 0.15) is 5.82 Å². The van der Waals surface area contributed by atoms with Gasteiger partial charge in [-0.3, -0.25) is 4.79 Å². The van der Waals surface area contributed by atoms with Gasteiger partial charge in [0, 0.05) is 16.5 Å². The lowest BCUT2D eigenvalue weighted by Crippen LogP contribution is -2.06. The van der Waals surface area contributed by atoms with Gasteiger partial charge in [-0.1, -0.05) is 22.0 Å². The Morgan fingerprint density at radius 3 is 2.77 bits per heavy atom. The van der Waals surface area contributed by atoms with Gasteiger partial charge in [0.25, 0.3) is 0 Å². The van der Waals surface area contributed by atoms with Crippen molar-refractivity contribution < 1.29 is 9.18 Å². The first-order valence-electron chi connectivity index (χ1n) is 3.65. The summed E-state index contributed by atoms with van der Waals surface area (Å²) in [5.41, 5.74) is 0.369. The number of carbonyl (C=O) groups is 1. The summed E-state index contributed by atoms with van der Waals surface area (Å²) in [5, 5.41) is 0. The Morgan fingerprint density at radius 1 is 1.54 bits per heavy atom. The van der Waals surface area contributed by atoms with E-state index in [1.807, 2.05) is 0 Å². The predicted molar refractivity (Wildman–Crippen MR) is 53.5 cm³/mol. The summed E-state index contributed by atoms with van der Waals surface area (Å²) in [5.74, 6) is -0.652. The number of ketones is 1. The topological polar surface area (TPSA) is 17.1 Å². The molecule has 13 heavy (non-hydrogen) atoms. The Balaban J connectivity index is 2.93. The standard InChI is InChI=1S/C9H7BrClFO/c10-8-2-1-3-9(12)7(8)4-6(13)5-11/h1-3H,4-5H2. The zero-order valence-electron chi connectivity index (χ0n) is 6.69. The highest BCUT2D eigenvalue weighted by molar-refractivity contribution is 9.10. The van der Waals surface area contributed by atoms with E-state index in [1.165, 1.54) is 6.07 Å². The monoisotopic (exact) mass is 264 g/mol. The largest absolute Gasteiger partial charge is 0.298 e. The van der Waals surface area contributed by atoms with Crippen LogP contribution in [0.2, 0.25) is 0 Å². The highest BCUT2D eigenvalue weighted by atomic mass is 79.9. The maximum absolute atomic E-state index is 13.1. The maximum Gasteiger partial charge on any atom is 0.152 e. The van der Waals surface area contributed by atoms with Crippen molar-refractivity contribution in [3.05, 3.63) is 34.1 Å². The van der Waals surface area contributed by atoms with Gasteiger partial charge in [0.15, 0.2) is 5.78 Å². The van der Waals surface area contributed by atoms with Gasteiger partial charge in [0.2, 0.25) is 0 Å². The number of Topliss-reactive ketones (excluding diaryl/α,β-unsaturated/α-hetero) is 1. The molecule has 1 rings (SSSR count). The van der Waals surface area contributed by atoms with Crippen LogP contribution < -0.4 is 0 Å². The molecule has 0 radical (unpaired) electrons. The van der Waals surface area contributed by atoms with E-state index in [0.29, 0.717) is 10.0 Å². The Labute approximate surface area is 89.0 Å². The molecular weight excluding hydrogens is 258 g/mol. The van der Waals surface area contributed by atoms with Crippen LogP contribution in [0, 0.1) is 5.82 Å². The summed E-state index contributed by atoms with van der Waals surface area (Å²) in [7, 11) is 0. The molecule has 70 valence electrons. The molecule has 1 aromatic carbocycles. The van der Waals surface area contributed by atoms with Crippen LogP contribution in [-0.2, 0) is 11.2 Å². The summed E-state index contributed by atoms with van der Waals surface area (Å²) in [6, 6.07) is 4.59. The van der Waals surface area contributed by atoms with Crippen LogP contribution in [0.1, 0.15) is 5.56 Å². The van der Waals surface area contributed by atoms with E-state index < -0.39 is 0 Å². The number of hydrogen-bond donors (Lipinski definition) is 0. The lowest BCUT2D eigenvalue weighted by molar-refractivity contribution is -0.116. The summed E-state index contributed by atoms with van der Waals surface area (Å²) in [4.78, 5) is 11.0. The molecule has 0 unspecified atom stereocenters. The van der Waals surface area contributed by atoms with Gasteiger partial charge >= 0.3 is 0 Å². The molecule has 0 aromatic heterocycles. The molecule has 0 aliphatic carbocycles. The van der Waals surface area contributed by atoms with Crippen LogP contribution in [0.25, 0.3) is 0 Å². The smallest absolute Gasteiger partial charge is 0.152 e. The first-order valence-corrected chi connectivity index (χ1v) is 4.98. The van der Waals surface area contributed by atoms with Crippen LogP contribution in [0.3, 0.4) is 0 Å². The highest BCUT2D eigenvalue weighted by Gasteiger charge is 2.10. The van der Waals surface area contributed by atoms with Crippen molar-refractivity contribution in [3.8, 4) is 0 Å². The first kappa shape index (κ1) is 10.7. The zero-order chi connectivity index (χ0) is 9.84. The molecular formula is C9H7BrClFO. The summed E-state index contributed by atoms with van der Waals surface area (Å²) in [6.07, 6.45) is 0.0384. The summed E-state index contributed by atoms with van der Waals surface area (Å²) >= 11 is 8.49. The lowest BCUT2D eigenvalue weighted by atomic mass is 10.1. The van der Waals surface area contributed by atoms with Crippen molar-refractivity contribution in [1.82, 2.24) is 0 Å². The van der Waals surface area contributed by atoms with E-state index in [4.69, 9.17) is 11.6 Å². The molecule has 0 saturated heterocycles. The van der Waals surface area contributed by atoms with Gasteiger partial charge in [0.05, 0.1) is 5.88 Å². The third-order valence-electron chi connectivity index (χ3n) is 1.58. The van der Waals surface area contributed by atoms with E-state index in [9.17, 15) is 9.18 Å². The molecule has 0 aliphatic rings. The van der Waals surface area contributed by atoms with Gasteiger partial charge < -0.3 is 0 Å². The van der Waals surface area contributed by atoms with Crippen molar-refractivity contribution in [2.45, 2.75) is 6.42 Å². The van der Waals surface area contributed by atoms with Gasteiger partial charge in [-0.05, 0) is 12.1 Å². The second kappa shape index (κ2) is 4.72. The quantitative estimate of drug-likeness (QED) is 0.768. The number of rotatable bonds is 3. The Hall–Kier alpha value is -0.410. The summed E-state index contributed by atoms with van der Waals surface area (Å²) in [6.45, 7) is 0. The minimum absolute atomic E-state index is 0.0384. The van der Waals surface area contributed by atoms with Gasteiger partial charge in [-0.2, -0.15) is 0 Å². The Bertz CT molecular complexity index is 307. The molecule has 0 heterocycles. The number of halogens is 3. The first-order chi connectivity index (χ1) is 6.15. The minimum Gasteiger partial charge on any atom is -0.298 e. The Morgan fingerprint density at radius 2 is 2.23 bits per heavy atom. The van der Waals surface area contributed by atoms with E-state index in [1.54, 1.807) is 12.1 Å². The zero-order valence-corrected chi connectivity index (χ0v) is 9.03. The van der Waals surface area contributed by atoms with Crippen molar-refractivity contribution in [2.75, 3.05) is 5.88 Å². The molecule has 0 amide bonds. The fourth-order valence-electron chi connectivity index (χ4n) is 0.946. The number of alkyl halides is 1. The van der Waals surface area contributed by atoms with Gasteiger partial charge in [-0.25, -0.2) is 4.39 Å². The van der Waals surface area contributed by atoms with Crippen LogP contribution in [0.15, 0.2) is 22.7 Å². The second-order valence-electron chi connectivity index (χ2n) is 2.55. The third-order valence-corrected chi connectivity index (χ3v) is 2.63. The molecule has 0 N–H and O–H groups in total. The molecule has 0 aliphatic heterocycles. The van der Waals surface area contributed by atoms with Crippen LogP contribution in [0.4, 0.5) is 4.39 Å². The van der Waals surface area contributed by atoms with E-state index in [0.717, 1.165) is 0 Å². The number of hydrogen-bond acceptors (Lipinski definition) is 1. The minimum atomic E-state index is -0.382. The molecule has 0 atom stereocenters. The molecule has 0 saturated carbocycles. The molecule has 1 aromatic rings. The highest BCUT2D eigenvalue weighted by Crippen LogP contribution is 2.20. The lowest BCUT2D eigenvalue weighted by Gasteiger charge is -2.03. The Kier molecular flexibility index (Phi) is 3.88. The maximum atomic E-state index is 13.1.